The van der Waals surface area contributed by atoms with Crippen molar-refractivity contribution in [3.63, 3.8) is 0 Å². The van der Waals surface area contributed by atoms with Gasteiger partial charge < -0.3 is 10.2 Å². The second-order valence-electron chi connectivity index (χ2n) is 10.00. The SMILES string of the molecule is CC(=O)[C@@]1(O)CC[C@@H]2[C@H]3CC[C@H]4C[C@@H](O)CC[C@]4(C)[C@@H]3CC[C@@]21C. The first kappa shape index (κ1) is 17.0. The highest BCUT2D eigenvalue weighted by Crippen LogP contribution is 2.68. The third-order valence-corrected chi connectivity index (χ3v) is 9.37. The molecule has 3 nitrogen and oxygen atoms in total. The summed E-state index contributed by atoms with van der Waals surface area (Å²) in [6.07, 6.45) is 9.25. The van der Waals surface area contributed by atoms with Crippen LogP contribution in [-0.2, 0) is 4.79 Å². The van der Waals surface area contributed by atoms with Crippen LogP contribution < -0.4 is 0 Å². The van der Waals surface area contributed by atoms with Crippen LogP contribution in [0.3, 0.4) is 0 Å². The first-order valence-corrected chi connectivity index (χ1v) is 10.1. The number of Topliss-reactive ketones (excluding diaryl/α,β-unsaturated/α-hetero) is 1. The van der Waals surface area contributed by atoms with Gasteiger partial charge in [0.05, 0.1) is 6.10 Å². The summed E-state index contributed by atoms with van der Waals surface area (Å²) in [5.74, 6) is 2.52. The van der Waals surface area contributed by atoms with Crippen molar-refractivity contribution in [1.82, 2.24) is 0 Å². The molecule has 4 aliphatic carbocycles. The number of fused-ring (bicyclic) bond motifs is 5. The van der Waals surface area contributed by atoms with Crippen molar-refractivity contribution in [3.8, 4) is 0 Å². The molecule has 0 saturated heterocycles. The van der Waals surface area contributed by atoms with E-state index in [0.29, 0.717) is 29.6 Å². The maximum absolute atomic E-state index is 12.2. The molecular formula is C21H34O3. The number of ketones is 1. The van der Waals surface area contributed by atoms with Crippen molar-refractivity contribution >= 4 is 5.78 Å². The van der Waals surface area contributed by atoms with Gasteiger partial charge in [-0.05, 0) is 93.8 Å². The van der Waals surface area contributed by atoms with Gasteiger partial charge in [-0.2, -0.15) is 0 Å². The fourth-order valence-corrected chi connectivity index (χ4v) is 7.83. The van der Waals surface area contributed by atoms with E-state index >= 15 is 0 Å². The topological polar surface area (TPSA) is 57.5 Å². The minimum atomic E-state index is -1.09. The first-order chi connectivity index (χ1) is 11.2. The van der Waals surface area contributed by atoms with Gasteiger partial charge in [0.2, 0.25) is 0 Å². The lowest BCUT2D eigenvalue weighted by atomic mass is 9.44. The fourth-order valence-electron chi connectivity index (χ4n) is 7.83. The minimum absolute atomic E-state index is 0.0216. The molecule has 0 radical (unpaired) electrons. The number of carbonyl (C=O) groups excluding carboxylic acids is 1. The summed E-state index contributed by atoms with van der Waals surface area (Å²) in [6, 6.07) is 0. The van der Waals surface area contributed by atoms with Crippen LogP contribution in [0.2, 0.25) is 0 Å². The summed E-state index contributed by atoms with van der Waals surface area (Å²) in [4.78, 5) is 12.2. The number of carbonyl (C=O) groups is 1. The Bertz CT molecular complexity index is 545. The van der Waals surface area contributed by atoms with Crippen LogP contribution in [0.5, 0.6) is 0 Å². The fraction of sp³-hybridized carbons (Fsp3) is 0.952. The second-order valence-corrected chi connectivity index (χ2v) is 10.00. The molecule has 2 N–H and O–H groups in total. The standard InChI is InChI=1S/C21H34O3/c1-13(22)21(24)11-8-18-16-5-4-14-12-15(23)6-9-19(14,2)17(16)7-10-20(18,21)3/h14-18,23-24H,4-12H2,1-3H3/t14-,15-,16-,17+,18+,19-,20-,21-/m0/s1. The Morgan fingerprint density at radius 2 is 1.67 bits per heavy atom. The van der Waals surface area contributed by atoms with Gasteiger partial charge in [0.1, 0.15) is 5.60 Å². The van der Waals surface area contributed by atoms with E-state index in [1.807, 2.05) is 0 Å². The number of aliphatic hydroxyl groups is 2. The Labute approximate surface area is 146 Å². The zero-order valence-corrected chi connectivity index (χ0v) is 15.6. The largest absolute Gasteiger partial charge is 0.393 e. The van der Waals surface area contributed by atoms with E-state index in [0.717, 1.165) is 44.4 Å². The lowest BCUT2D eigenvalue weighted by Crippen LogP contribution is -2.58. The van der Waals surface area contributed by atoms with Gasteiger partial charge in [0, 0.05) is 5.41 Å². The molecule has 0 amide bonds. The minimum Gasteiger partial charge on any atom is -0.393 e. The molecule has 4 fully saturated rings. The maximum Gasteiger partial charge on any atom is 0.161 e. The molecule has 4 saturated carbocycles. The highest BCUT2D eigenvalue weighted by Gasteiger charge is 2.65. The number of rotatable bonds is 1. The number of aliphatic hydroxyl groups excluding tert-OH is 1. The van der Waals surface area contributed by atoms with Crippen molar-refractivity contribution in [1.29, 1.82) is 0 Å². The van der Waals surface area contributed by atoms with Crippen LogP contribution in [0, 0.1) is 34.5 Å². The summed E-state index contributed by atoms with van der Waals surface area (Å²) < 4.78 is 0. The maximum atomic E-state index is 12.2. The van der Waals surface area contributed by atoms with Crippen molar-refractivity contribution in [2.45, 2.75) is 90.3 Å². The third kappa shape index (κ3) is 2.00. The Kier molecular flexibility index (Phi) is 3.76. The predicted molar refractivity (Wildman–Crippen MR) is 93.4 cm³/mol. The van der Waals surface area contributed by atoms with Gasteiger partial charge in [-0.25, -0.2) is 0 Å². The highest BCUT2D eigenvalue weighted by atomic mass is 16.3. The van der Waals surface area contributed by atoms with Crippen LogP contribution in [-0.4, -0.2) is 27.7 Å². The zero-order valence-electron chi connectivity index (χ0n) is 15.6. The van der Waals surface area contributed by atoms with E-state index in [1.54, 1.807) is 6.92 Å². The van der Waals surface area contributed by atoms with Crippen molar-refractivity contribution in [3.05, 3.63) is 0 Å². The molecule has 0 aromatic rings. The molecule has 0 unspecified atom stereocenters. The molecular weight excluding hydrogens is 300 g/mol. The molecule has 4 aliphatic rings. The second kappa shape index (κ2) is 5.30. The lowest BCUT2D eigenvalue weighted by molar-refractivity contribution is -0.170. The number of hydrogen-bond acceptors (Lipinski definition) is 3. The molecule has 3 heteroatoms. The molecule has 0 spiro atoms. The van der Waals surface area contributed by atoms with E-state index in [1.165, 1.54) is 12.8 Å². The van der Waals surface area contributed by atoms with Gasteiger partial charge in [-0.15, -0.1) is 0 Å². The van der Waals surface area contributed by atoms with Crippen LogP contribution in [0.1, 0.15) is 78.6 Å². The summed E-state index contributed by atoms with van der Waals surface area (Å²) in [5, 5.41) is 21.3. The molecule has 0 heterocycles. The van der Waals surface area contributed by atoms with Gasteiger partial charge in [0.25, 0.3) is 0 Å². The summed E-state index contributed by atoms with van der Waals surface area (Å²) in [6.45, 7) is 6.26. The molecule has 8 atom stereocenters. The van der Waals surface area contributed by atoms with Crippen LogP contribution in [0.15, 0.2) is 0 Å². The summed E-state index contributed by atoms with van der Waals surface area (Å²) in [5.41, 5.74) is -0.957. The monoisotopic (exact) mass is 334 g/mol. The van der Waals surface area contributed by atoms with Crippen molar-refractivity contribution < 1.29 is 15.0 Å². The van der Waals surface area contributed by atoms with Crippen molar-refractivity contribution in [2.24, 2.45) is 34.5 Å². The Hall–Kier alpha value is -0.410. The van der Waals surface area contributed by atoms with Gasteiger partial charge in [-0.1, -0.05) is 13.8 Å². The Morgan fingerprint density at radius 1 is 0.958 bits per heavy atom. The summed E-state index contributed by atoms with van der Waals surface area (Å²) in [7, 11) is 0. The summed E-state index contributed by atoms with van der Waals surface area (Å²) >= 11 is 0. The third-order valence-electron chi connectivity index (χ3n) is 9.37. The van der Waals surface area contributed by atoms with E-state index in [9.17, 15) is 15.0 Å². The van der Waals surface area contributed by atoms with Crippen molar-refractivity contribution in [2.75, 3.05) is 0 Å². The van der Waals surface area contributed by atoms with E-state index in [4.69, 9.17) is 0 Å². The quantitative estimate of drug-likeness (QED) is 0.768. The number of hydrogen-bond donors (Lipinski definition) is 2. The average Bonchev–Trinajstić information content (AvgIpc) is 2.81. The van der Waals surface area contributed by atoms with E-state index in [-0.39, 0.29) is 17.3 Å². The molecule has 136 valence electrons. The van der Waals surface area contributed by atoms with Gasteiger partial charge in [0.15, 0.2) is 5.78 Å². The van der Waals surface area contributed by atoms with Crippen LogP contribution in [0.25, 0.3) is 0 Å². The normalized spacial score (nSPS) is 57.0. The van der Waals surface area contributed by atoms with Crippen LogP contribution >= 0.6 is 0 Å². The molecule has 0 aliphatic heterocycles. The zero-order chi connectivity index (χ0) is 17.3. The molecule has 24 heavy (non-hydrogen) atoms. The smallest absolute Gasteiger partial charge is 0.161 e. The van der Waals surface area contributed by atoms with Gasteiger partial charge in [-0.3, -0.25) is 4.79 Å². The predicted octanol–water partition coefficient (Wildman–Crippen LogP) is 3.71. The molecule has 0 bridgehead atoms. The molecule has 4 rings (SSSR count). The van der Waals surface area contributed by atoms with Gasteiger partial charge >= 0.3 is 0 Å². The Balaban J connectivity index is 1.65. The Morgan fingerprint density at radius 3 is 2.38 bits per heavy atom. The van der Waals surface area contributed by atoms with E-state index < -0.39 is 5.60 Å². The van der Waals surface area contributed by atoms with Crippen LogP contribution in [0.4, 0.5) is 0 Å². The molecule has 0 aromatic carbocycles. The average molecular weight is 335 g/mol. The lowest BCUT2D eigenvalue weighted by Gasteiger charge is -2.61. The highest BCUT2D eigenvalue weighted by molar-refractivity contribution is 5.86. The molecule has 0 aromatic heterocycles. The van der Waals surface area contributed by atoms with E-state index in [2.05, 4.69) is 13.8 Å². The first-order valence-electron chi connectivity index (χ1n) is 10.1.